The molecule has 0 aliphatic heterocycles. The van der Waals surface area contributed by atoms with Crippen LogP contribution in [-0.4, -0.2) is 10.9 Å². The van der Waals surface area contributed by atoms with Crippen LogP contribution in [0.5, 0.6) is 0 Å². The third kappa shape index (κ3) is 6.27. The molecular weight excluding hydrogens is 362 g/mol. The molecule has 0 radical (unpaired) electrons. The predicted octanol–water partition coefficient (Wildman–Crippen LogP) is 4.67. The van der Waals surface area contributed by atoms with Crippen LogP contribution in [0.1, 0.15) is 22.0 Å². The van der Waals surface area contributed by atoms with Crippen molar-refractivity contribution >= 4 is 36.1 Å². The molecule has 2 nitrogen and oxygen atoms in total. The second kappa shape index (κ2) is 9.41. The molecule has 0 bridgehead atoms. The van der Waals surface area contributed by atoms with Crippen LogP contribution in [0.15, 0.2) is 60.7 Å². The van der Waals surface area contributed by atoms with Crippen LogP contribution in [0.25, 0.3) is 0 Å². The van der Waals surface area contributed by atoms with Gasteiger partial charge in [0.25, 0.3) is 0 Å². The minimum absolute atomic E-state index is 0.271. The molecule has 0 heterocycles. The summed E-state index contributed by atoms with van der Waals surface area (Å²) in [5.41, 5.74) is 1.15. The Morgan fingerprint density at radius 2 is 1.30 bits per heavy atom. The van der Waals surface area contributed by atoms with Gasteiger partial charge < -0.3 is 5.11 Å². The van der Waals surface area contributed by atoms with Crippen molar-refractivity contribution < 1.29 is 21.1 Å². The molecule has 2 rings (SSSR count). The van der Waals surface area contributed by atoms with Crippen molar-refractivity contribution in [2.75, 3.05) is 0 Å². The van der Waals surface area contributed by atoms with Crippen molar-refractivity contribution in [2.24, 2.45) is 0 Å². The van der Waals surface area contributed by atoms with Crippen molar-refractivity contribution in [1.82, 2.24) is 0 Å². The van der Waals surface area contributed by atoms with Crippen LogP contribution in [0.2, 0.25) is 0 Å². The van der Waals surface area contributed by atoms with E-state index in [1.165, 1.54) is 0 Å². The van der Waals surface area contributed by atoms with Crippen LogP contribution >= 0.6 is 30.3 Å². The molecule has 2 aromatic rings. The molecular formula is C14H12Cl3FeO2. The summed E-state index contributed by atoms with van der Waals surface area (Å²) in [6.07, 6.45) is -1.08. The second-order valence-electron chi connectivity index (χ2n) is 3.70. The molecule has 1 N–H and O–H groups in total. The third-order valence-corrected chi connectivity index (χ3v) is 2.42. The van der Waals surface area contributed by atoms with Crippen LogP contribution in [-0.2, 0) is 11.2 Å². The van der Waals surface area contributed by atoms with Crippen molar-refractivity contribution in [3.05, 3.63) is 71.8 Å². The minimum atomic E-state index is -1.33. The normalized spacial score (nSPS) is 11.9. The number of aliphatic hydroxyl groups is 1. The van der Waals surface area contributed by atoms with Crippen LogP contribution in [0.3, 0.4) is 0 Å². The number of hydrogen-bond donors (Lipinski definition) is 1. The molecule has 0 amide bonds. The van der Waals surface area contributed by atoms with Gasteiger partial charge >= 0.3 is 41.5 Å². The summed E-state index contributed by atoms with van der Waals surface area (Å²) in [6, 6.07) is 17.7. The first-order valence-electron chi connectivity index (χ1n) is 5.51. The summed E-state index contributed by atoms with van der Waals surface area (Å²) < 4.78 is 0. The van der Waals surface area contributed by atoms with E-state index >= 15 is 0 Å². The van der Waals surface area contributed by atoms with Gasteiger partial charge in [0.1, 0.15) is 6.10 Å². The molecule has 6 heteroatoms. The van der Waals surface area contributed by atoms with Crippen molar-refractivity contribution in [1.29, 1.82) is 0 Å². The first kappa shape index (κ1) is 17.5. The monoisotopic (exact) mass is 373 g/mol. The summed E-state index contributed by atoms with van der Waals surface area (Å²) in [7, 11) is 14.7. The Morgan fingerprint density at radius 1 is 0.900 bits per heavy atom. The van der Waals surface area contributed by atoms with E-state index in [4.69, 9.17) is 30.3 Å². The zero-order chi connectivity index (χ0) is 15.0. The number of carbonyl (C=O) groups is 1. The Kier molecular flexibility index (Phi) is 8.24. The first-order valence-corrected chi connectivity index (χ1v) is 10.1. The van der Waals surface area contributed by atoms with E-state index in [9.17, 15) is 9.90 Å². The van der Waals surface area contributed by atoms with E-state index in [0.29, 0.717) is 11.1 Å². The maximum atomic E-state index is 11.9. The Labute approximate surface area is 134 Å². The topological polar surface area (TPSA) is 37.3 Å². The van der Waals surface area contributed by atoms with E-state index in [1.807, 2.05) is 12.1 Å². The van der Waals surface area contributed by atoms with Gasteiger partial charge in [0.15, 0.2) is 5.78 Å². The van der Waals surface area contributed by atoms with Crippen LogP contribution in [0, 0.1) is 0 Å². The van der Waals surface area contributed by atoms with E-state index < -0.39 is 17.3 Å². The number of rotatable bonds is 3. The first-order chi connectivity index (χ1) is 9.52. The van der Waals surface area contributed by atoms with E-state index in [-0.39, 0.29) is 5.78 Å². The molecule has 0 saturated carbocycles. The zero-order valence-corrected chi connectivity index (χ0v) is 13.6. The molecule has 2 aromatic carbocycles. The third-order valence-electron chi connectivity index (χ3n) is 2.42. The zero-order valence-electron chi connectivity index (χ0n) is 10.2. The molecule has 1 unspecified atom stereocenters. The number of benzene rings is 2. The van der Waals surface area contributed by atoms with Gasteiger partial charge in [0.05, 0.1) is 0 Å². The van der Waals surface area contributed by atoms with Gasteiger partial charge in [0, 0.05) is 5.56 Å². The number of carbonyl (C=O) groups excluding carboxylic acids is 1. The molecule has 0 aliphatic carbocycles. The van der Waals surface area contributed by atoms with Crippen LogP contribution < -0.4 is 0 Å². The molecule has 1 atom stereocenters. The maximum absolute atomic E-state index is 11.9. The standard InChI is InChI=1S/C14H12O2.3ClH.Fe/c15-13(11-7-3-1-4-8-11)14(16)12-9-5-2-6-10-12;;;;/h1-10,13,15H;3*1H;/q;;;;+3/p-3. The predicted molar refractivity (Wildman–Crippen MR) is 79.7 cm³/mol. The molecule has 0 aromatic heterocycles. The van der Waals surface area contributed by atoms with Gasteiger partial charge in [-0.1, -0.05) is 60.7 Å². The van der Waals surface area contributed by atoms with E-state index in [1.54, 1.807) is 48.5 Å². The molecule has 0 spiro atoms. The van der Waals surface area contributed by atoms with Crippen molar-refractivity contribution in [3.8, 4) is 0 Å². The summed E-state index contributed by atoms with van der Waals surface area (Å²) >= 11 is -1.33. The average molecular weight is 374 g/mol. The van der Waals surface area contributed by atoms with Gasteiger partial charge in [0.2, 0.25) is 0 Å². The number of ketones is 1. The molecule has 0 fully saturated rings. The average Bonchev–Trinajstić information content (AvgIpc) is 2.47. The summed E-state index contributed by atoms with van der Waals surface area (Å²) in [5.74, 6) is -0.271. The second-order valence-corrected chi connectivity index (χ2v) is 9.17. The Hall–Kier alpha value is -0.541. The molecule has 20 heavy (non-hydrogen) atoms. The van der Waals surface area contributed by atoms with E-state index in [2.05, 4.69) is 0 Å². The fraction of sp³-hybridized carbons (Fsp3) is 0.0714. The van der Waals surface area contributed by atoms with Crippen molar-refractivity contribution in [3.63, 3.8) is 0 Å². The SMILES string of the molecule is O=C(c1ccccc1)C(O)c1ccccc1.[Cl][Fe]([Cl])[Cl]. The van der Waals surface area contributed by atoms with Gasteiger partial charge in [-0.25, -0.2) is 0 Å². The summed E-state index contributed by atoms with van der Waals surface area (Å²) in [6.45, 7) is 0. The number of aliphatic hydroxyl groups excluding tert-OH is 1. The Morgan fingerprint density at radius 3 is 1.75 bits per heavy atom. The van der Waals surface area contributed by atoms with Gasteiger partial charge in [-0.2, -0.15) is 0 Å². The van der Waals surface area contributed by atoms with Gasteiger partial charge in [-0.05, 0) is 5.56 Å². The molecule has 0 saturated heterocycles. The fourth-order valence-electron chi connectivity index (χ4n) is 1.55. The quantitative estimate of drug-likeness (QED) is 0.626. The summed E-state index contributed by atoms with van der Waals surface area (Å²) in [4.78, 5) is 11.9. The molecule has 0 aliphatic rings. The number of hydrogen-bond acceptors (Lipinski definition) is 2. The van der Waals surface area contributed by atoms with Crippen molar-refractivity contribution in [2.45, 2.75) is 6.10 Å². The molecule has 109 valence electrons. The van der Waals surface area contributed by atoms with Crippen LogP contribution in [0.4, 0.5) is 0 Å². The Bertz CT molecular complexity index is 518. The number of Topliss-reactive ketones (excluding diaryl/α,β-unsaturated/α-hetero) is 1. The van der Waals surface area contributed by atoms with Gasteiger partial charge in [-0.15, -0.1) is 0 Å². The fourth-order valence-corrected chi connectivity index (χ4v) is 1.55. The Balaban J connectivity index is 0.000000444. The van der Waals surface area contributed by atoms with Gasteiger partial charge in [-0.3, -0.25) is 4.79 Å². The van der Waals surface area contributed by atoms with E-state index in [0.717, 1.165) is 0 Å². The summed E-state index contributed by atoms with van der Waals surface area (Å²) in [5, 5.41) is 9.89. The number of halogens is 3.